The second kappa shape index (κ2) is 5.66. The molecule has 3 rings (SSSR count). The summed E-state index contributed by atoms with van der Waals surface area (Å²) in [6.07, 6.45) is 0. The lowest BCUT2D eigenvalue weighted by Crippen LogP contribution is -2.26. The third kappa shape index (κ3) is 2.81. The molecule has 0 unspecified atom stereocenters. The maximum atomic E-state index is 12.5. The maximum Gasteiger partial charge on any atom is 0.253 e. The Kier molecular flexibility index (Phi) is 3.71. The van der Waals surface area contributed by atoms with E-state index in [0.717, 1.165) is 10.2 Å². The Balaban J connectivity index is 1.82. The summed E-state index contributed by atoms with van der Waals surface area (Å²) in [6.45, 7) is 2.68. The Morgan fingerprint density at radius 2 is 2.05 bits per heavy atom. The van der Waals surface area contributed by atoms with E-state index >= 15 is 0 Å². The predicted molar refractivity (Wildman–Crippen MR) is 86.6 cm³/mol. The normalized spacial score (nSPS) is 10.8. The number of amides is 1. The van der Waals surface area contributed by atoms with Gasteiger partial charge in [0, 0.05) is 19.2 Å². The SMILES string of the molecule is Cc1ccccc1CN(C)C(=O)c1ccc2ncsc2c1. The average molecular weight is 296 g/mol. The fourth-order valence-electron chi connectivity index (χ4n) is 2.32. The molecule has 4 heteroatoms. The number of hydrogen-bond donors (Lipinski definition) is 0. The van der Waals surface area contributed by atoms with Crippen molar-refractivity contribution in [3.05, 3.63) is 64.7 Å². The van der Waals surface area contributed by atoms with Gasteiger partial charge in [-0.05, 0) is 36.2 Å². The van der Waals surface area contributed by atoms with Crippen molar-refractivity contribution in [2.24, 2.45) is 0 Å². The van der Waals surface area contributed by atoms with Crippen LogP contribution in [0, 0.1) is 6.92 Å². The number of fused-ring (bicyclic) bond motifs is 1. The summed E-state index contributed by atoms with van der Waals surface area (Å²) >= 11 is 1.56. The van der Waals surface area contributed by atoms with Gasteiger partial charge < -0.3 is 4.90 Å². The third-order valence-electron chi connectivity index (χ3n) is 3.59. The van der Waals surface area contributed by atoms with Crippen molar-refractivity contribution >= 4 is 27.5 Å². The van der Waals surface area contributed by atoms with Gasteiger partial charge in [-0.15, -0.1) is 11.3 Å². The van der Waals surface area contributed by atoms with Crippen LogP contribution in [0.4, 0.5) is 0 Å². The van der Waals surface area contributed by atoms with Crippen molar-refractivity contribution in [2.45, 2.75) is 13.5 Å². The number of aromatic nitrogens is 1. The summed E-state index contributed by atoms with van der Waals surface area (Å²) in [5.41, 5.74) is 5.83. The molecule has 0 radical (unpaired) electrons. The third-order valence-corrected chi connectivity index (χ3v) is 4.39. The van der Waals surface area contributed by atoms with Crippen molar-refractivity contribution < 1.29 is 4.79 Å². The molecule has 0 spiro atoms. The lowest BCUT2D eigenvalue weighted by atomic mass is 10.1. The van der Waals surface area contributed by atoms with Gasteiger partial charge in [0.1, 0.15) is 0 Å². The molecule has 0 saturated carbocycles. The van der Waals surface area contributed by atoms with Crippen LogP contribution in [0.25, 0.3) is 10.2 Å². The maximum absolute atomic E-state index is 12.5. The number of benzene rings is 2. The smallest absolute Gasteiger partial charge is 0.253 e. The second-order valence-electron chi connectivity index (χ2n) is 5.12. The molecule has 1 amide bonds. The van der Waals surface area contributed by atoms with Gasteiger partial charge in [0.05, 0.1) is 15.7 Å². The van der Waals surface area contributed by atoms with Crippen LogP contribution in [0.3, 0.4) is 0 Å². The zero-order chi connectivity index (χ0) is 14.8. The molecule has 0 aliphatic heterocycles. The lowest BCUT2D eigenvalue weighted by molar-refractivity contribution is 0.0785. The van der Waals surface area contributed by atoms with Crippen molar-refractivity contribution in [2.75, 3.05) is 7.05 Å². The molecule has 0 atom stereocenters. The van der Waals surface area contributed by atoms with Gasteiger partial charge in [0.15, 0.2) is 0 Å². The first kappa shape index (κ1) is 13.8. The highest BCUT2D eigenvalue weighted by Gasteiger charge is 2.13. The monoisotopic (exact) mass is 296 g/mol. The van der Waals surface area contributed by atoms with Crippen LogP contribution in [0.2, 0.25) is 0 Å². The largest absolute Gasteiger partial charge is 0.337 e. The molecule has 3 aromatic rings. The number of carbonyl (C=O) groups is 1. The summed E-state index contributed by atoms with van der Waals surface area (Å²) in [5, 5.41) is 0. The molecule has 0 aliphatic carbocycles. The first-order chi connectivity index (χ1) is 10.1. The van der Waals surface area contributed by atoms with Crippen molar-refractivity contribution in [1.82, 2.24) is 9.88 Å². The Labute approximate surface area is 127 Å². The van der Waals surface area contributed by atoms with E-state index in [1.165, 1.54) is 11.1 Å². The molecule has 0 aliphatic rings. The highest BCUT2D eigenvalue weighted by Crippen LogP contribution is 2.20. The first-order valence-corrected chi connectivity index (χ1v) is 7.66. The number of rotatable bonds is 3. The Morgan fingerprint density at radius 3 is 2.86 bits per heavy atom. The molecule has 0 bridgehead atoms. The number of aryl methyl sites for hydroxylation is 1. The zero-order valence-corrected chi connectivity index (χ0v) is 12.9. The van der Waals surface area contributed by atoms with Crippen molar-refractivity contribution in [3.63, 3.8) is 0 Å². The summed E-state index contributed by atoms with van der Waals surface area (Å²) in [5.74, 6) is 0.0357. The van der Waals surface area contributed by atoms with Crippen molar-refractivity contribution in [1.29, 1.82) is 0 Å². The van der Waals surface area contributed by atoms with Crippen LogP contribution >= 0.6 is 11.3 Å². The minimum absolute atomic E-state index is 0.0357. The topological polar surface area (TPSA) is 33.2 Å². The molecule has 1 heterocycles. The van der Waals surface area contributed by atoms with Crippen LogP contribution in [-0.2, 0) is 6.54 Å². The van der Waals surface area contributed by atoms with E-state index in [1.54, 1.807) is 21.7 Å². The van der Waals surface area contributed by atoms with E-state index in [0.29, 0.717) is 12.1 Å². The predicted octanol–water partition coefficient (Wildman–Crippen LogP) is 3.88. The molecule has 0 N–H and O–H groups in total. The van der Waals surface area contributed by atoms with Crippen molar-refractivity contribution in [3.8, 4) is 0 Å². The molecular weight excluding hydrogens is 280 g/mol. The van der Waals surface area contributed by atoms with Crippen LogP contribution < -0.4 is 0 Å². The van der Waals surface area contributed by atoms with Gasteiger partial charge in [-0.1, -0.05) is 24.3 Å². The summed E-state index contributed by atoms with van der Waals surface area (Å²) in [4.78, 5) is 18.5. The van der Waals surface area contributed by atoms with E-state index in [2.05, 4.69) is 24.0 Å². The molecule has 1 aromatic heterocycles. The highest BCUT2D eigenvalue weighted by molar-refractivity contribution is 7.16. The number of thiazole rings is 1. The first-order valence-electron chi connectivity index (χ1n) is 6.78. The van der Waals surface area contributed by atoms with E-state index in [4.69, 9.17) is 0 Å². The van der Waals surface area contributed by atoms with Gasteiger partial charge in [0.2, 0.25) is 0 Å². The highest BCUT2D eigenvalue weighted by atomic mass is 32.1. The fourth-order valence-corrected chi connectivity index (χ4v) is 3.04. The Morgan fingerprint density at radius 1 is 1.24 bits per heavy atom. The number of hydrogen-bond acceptors (Lipinski definition) is 3. The number of carbonyl (C=O) groups excluding carboxylic acids is 1. The minimum Gasteiger partial charge on any atom is -0.337 e. The average Bonchev–Trinajstić information content (AvgIpc) is 2.96. The molecular formula is C17H16N2OS. The molecule has 3 nitrogen and oxygen atoms in total. The quantitative estimate of drug-likeness (QED) is 0.735. The summed E-state index contributed by atoms with van der Waals surface area (Å²) < 4.78 is 1.05. The van der Waals surface area contributed by atoms with E-state index < -0.39 is 0 Å². The van der Waals surface area contributed by atoms with E-state index in [1.807, 2.05) is 37.4 Å². The Hall–Kier alpha value is -2.20. The zero-order valence-electron chi connectivity index (χ0n) is 12.0. The lowest BCUT2D eigenvalue weighted by Gasteiger charge is -2.18. The van der Waals surface area contributed by atoms with E-state index in [-0.39, 0.29) is 5.91 Å². The second-order valence-corrected chi connectivity index (χ2v) is 6.01. The molecule has 106 valence electrons. The summed E-state index contributed by atoms with van der Waals surface area (Å²) in [7, 11) is 1.84. The van der Waals surface area contributed by atoms with Gasteiger partial charge in [-0.2, -0.15) is 0 Å². The van der Waals surface area contributed by atoms with Crippen LogP contribution in [-0.4, -0.2) is 22.8 Å². The molecule has 21 heavy (non-hydrogen) atoms. The van der Waals surface area contributed by atoms with Crippen LogP contribution in [0.1, 0.15) is 21.5 Å². The van der Waals surface area contributed by atoms with Gasteiger partial charge in [-0.25, -0.2) is 4.98 Å². The summed E-state index contributed by atoms with van der Waals surface area (Å²) in [6, 6.07) is 13.8. The van der Waals surface area contributed by atoms with E-state index in [9.17, 15) is 4.79 Å². The van der Waals surface area contributed by atoms with Crippen LogP contribution in [0.5, 0.6) is 0 Å². The molecule has 0 saturated heterocycles. The van der Waals surface area contributed by atoms with Gasteiger partial charge in [0.25, 0.3) is 5.91 Å². The fraction of sp³-hybridized carbons (Fsp3) is 0.176. The van der Waals surface area contributed by atoms with Crippen LogP contribution in [0.15, 0.2) is 48.0 Å². The Bertz CT molecular complexity index is 794. The standard InChI is InChI=1S/C17H16N2OS/c1-12-5-3-4-6-14(12)10-19(2)17(20)13-7-8-15-16(9-13)21-11-18-15/h3-9,11H,10H2,1-2H3. The number of nitrogens with zero attached hydrogens (tertiary/aromatic N) is 2. The van der Waals surface area contributed by atoms with Gasteiger partial charge in [-0.3, -0.25) is 4.79 Å². The van der Waals surface area contributed by atoms with Gasteiger partial charge >= 0.3 is 0 Å². The molecule has 2 aromatic carbocycles. The molecule has 0 fully saturated rings. The minimum atomic E-state index is 0.0357.